The fraction of sp³-hybridized carbons (Fsp3) is 0.533. The number of nitrogens with zero attached hydrogens (tertiary/aromatic N) is 1. The van der Waals surface area contributed by atoms with Crippen molar-refractivity contribution in [2.24, 2.45) is 0 Å². The Morgan fingerprint density at radius 2 is 2.05 bits per heavy atom. The Hall–Kier alpha value is -1.43. The van der Waals surface area contributed by atoms with Crippen LogP contribution in [0.1, 0.15) is 22.3 Å². The van der Waals surface area contributed by atoms with Crippen LogP contribution in [0.2, 0.25) is 0 Å². The first-order valence-electron chi connectivity index (χ1n) is 6.88. The first-order valence-corrected chi connectivity index (χ1v) is 6.88. The van der Waals surface area contributed by atoms with Crippen molar-refractivity contribution in [1.82, 2.24) is 15.5 Å². The molecule has 1 amide bonds. The van der Waals surface area contributed by atoms with Crippen molar-refractivity contribution in [3.8, 4) is 0 Å². The Bertz CT molecular complexity index is 408. The van der Waals surface area contributed by atoms with Crippen LogP contribution >= 0.6 is 0 Å². The van der Waals surface area contributed by atoms with Crippen LogP contribution in [0.25, 0.3) is 0 Å². The lowest BCUT2D eigenvalue weighted by atomic mass is 10.1. The van der Waals surface area contributed by atoms with Crippen LogP contribution in [0.4, 0.5) is 0 Å². The van der Waals surface area contributed by atoms with E-state index in [1.54, 1.807) is 0 Å². The molecule has 0 aliphatic carbocycles. The highest BCUT2D eigenvalue weighted by atomic mass is 16.5. The van der Waals surface area contributed by atoms with Gasteiger partial charge in [-0.2, -0.15) is 0 Å². The average molecular weight is 279 g/mol. The van der Waals surface area contributed by atoms with Crippen LogP contribution in [0.3, 0.4) is 0 Å². The van der Waals surface area contributed by atoms with Crippen molar-refractivity contribution in [3.63, 3.8) is 0 Å². The number of amides is 1. The largest absolute Gasteiger partial charge is 0.362 e. The van der Waals surface area contributed by atoms with E-state index in [1.165, 1.54) is 0 Å². The summed E-state index contributed by atoms with van der Waals surface area (Å²) in [6, 6.07) is 7.54. The van der Waals surface area contributed by atoms with E-state index in [2.05, 4.69) is 15.5 Å². The van der Waals surface area contributed by atoms with Gasteiger partial charge in [-0.1, -0.05) is 18.2 Å². The Morgan fingerprint density at radius 3 is 2.75 bits per heavy atom. The summed E-state index contributed by atoms with van der Waals surface area (Å²) in [6.07, 6.45) is 0.942. The van der Waals surface area contributed by atoms with Crippen molar-refractivity contribution in [2.75, 3.05) is 41.0 Å². The molecule has 0 radical (unpaired) electrons. The second-order valence-corrected chi connectivity index (χ2v) is 4.92. The van der Waals surface area contributed by atoms with Crippen LogP contribution in [0, 0.1) is 0 Å². The van der Waals surface area contributed by atoms with Gasteiger partial charge in [-0.25, -0.2) is 0 Å². The number of nitrogens with one attached hydrogen (secondary N) is 2. The van der Waals surface area contributed by atoms with Gasteiger partial charge >= 0.3 is 0 Å². The van der Waals surface area contributed by atoms with Gasteiger partial charge < -0.3 is 15.0 Å². The molecule has 0 fully saturated rings. The molecule has 0 aromatic heterocycles. The van der Waals surface area contributed by atoms with E-state index in [0.29, 0.717) is 25.4 Å². The second-order valence-electron chi connectivity index (χ2n) is 4.92. The van der Waals surface area contributed by atoms with Crippen LogP contribution in [-0.4, -0.2) is 51.8 Å². The van der Waals surface area contributed by atoms with Crippen molar-refractivity contribution < 1.29 is 9.53 Å². The van der Waals surface area contributed by atoms with Crippen LogP contribution in [-0.2, 0) is 11.3 Å². The molecule has 0 heterocycles. The number of benzene rings is 1. The molecular formula is C15H25N3O2. The zero-order valence-electron chi connectivity index (χ0n) is 12.6. The van der Waals surface area contributed by atoms with E-state index in [9.17, 15) is 4.79 Å². The van der Waals surface area contributed by atoms with Crippen molar-refractivity contribution in [2.45, 2.75) is 13.0 Å². The molecule has 20 heavy (non-hydrogen) atoms. The maximum atomic E-state index is 12.1. The summed E-state index contributed by atoms with van der Waals surface area (Å²) in [6.45, 7) is 2.55. The van der Waals surface area contributed by atoms with Crippen LogP contribution in [0.15, 0.2) is 24.3 Å². The monoisotopic (exact) mass is 279 g/mol. The quantitative estimate of drug-likeness (QED) is 0.524. The molecule has 1 aromatic carbocycles. The Kier molecular flexibility index (Phi) is 7.87. The van der Waals surface area contributed by atoms with E-state index in [-0.39, 0.29) is 5.91 Å². The summed E-state index contributed by atoms with van der Waals surface area (Å²) in [7, 11) is 5.87. The first kappa shape index (κ1) is 16.6. The Balaban J connectivity index is 2.49. The lowest BCUT2D eigenvalue weighted by Gasteiger charge is -2.12. The number of hydrogen-bond acceptors (Lipinski definition) is 4. The third-order valence-corrected chi connectivity index (χ3v) is 2.83. The Labute approximate surface area is 121 Å². The second kappa shape index (κ2) is 9.47. The van der Waals surface area contributed by atoms with Gasteiger partial charge in [-0.3, -0.25) is 10.1 Å². The minimum absolute atomic E-state index is 0.0348. The van der Waals surface area contributed by atoms with E-state index in [4.69, 9.17) is 4.74 Å². The molecule has 0 saturated heterocycles. The summed E-state index contributed by atoms with van der Waals surface area (Å²) in [5.74, 6) is -0.0348. The van der Waals surface area contributed by atoms with Gasteiger partial charge in [0.1, 0.15) is 0 Å². The van der Waals surface area contributed by atoms with E-state index in [0.717, 1.165) is 18.5 Å². The molecule has 0 aliphatic heterocycles. The fourth-order valence-corrected chi connectivity index (χ4v) is 1.82. The first-order chi connectivity index (χ1) is 9.65. The molecule has 5 nitrogen and oxygen atoms in total. The van der Waals surface area contributed by atoms with Crippen molar-refractivity contribution >= 4 is 5.91 Å². The molecule has 112 valence electrons. The summed E-state index contributed by atoms with van der Waals surface area (Å²) < 4.78 is 5.42. The highest BCUT2D eigenvalue weighted by Crippen LogP contribution is 2.10. The fourth-order valence-electron chi connectivity index (χ4n) is 1.82. The van der Waals surface area contributed by atoms with E-state index < -0.39 is 0 Å². The van der Waals surface area contributed by atoms with Crippen LogP contribution in [0.5, 0.6) is 0 Å². The van der Waals surface area contributed by atoms with Gasteiger partial charge in [0, 0.05) is 12.1 Å². The van der Waals surface area contributed by atoms with E-state index >= 15 is 0 Å². The van der Waals surface area contributed by atoms with Gasteiger partial charge in [0.15, 0.2) is 0 Å². The highest BCUT2D eigenvalue weighted by Gasteiger charge is 2.10. The lowest BCUT2D eigenvalue weighted by Crippen LogP contribution is -2.28. The molecule has 0 atom stereocenters. The number of rotatable bonds is 9. The van der Waals surface area contributed by atoms with Gasteiger partial charge in [-0.05, 0) is 45.7 Å². The van der Waals surface area contributed by atoms with E-state index in [1.807, 2.05) is 45.4 Å². The van der Waals surface area contributed by atoms with Gasteiger partial charge in [0.25, 0.3) is 5.91 Å². The predicted octanol–water partition coefficient (Wildman–Crippen LogP) is 1.06. The molecule has 5 heteroatoms. The maximum absolute atomic E-state index is 12.1. The number of hydrogen-bond donors (Lipinski definition) is 2. The van der Waals surface area contributed by atoms with Crippen LogP contribution < -0.4 is 10.6 Å². The van der Waals surface area contributed by atoms with Gasteiger partial charge in [-0.15, -0.1) is 0 Å². The number of carbonyl (C=O) groups is 1. The minimum atomic E-state index is -0.0348. The highest BCUT2D eigenvalue weighted by molar-refractivity contribution is 5.95. The van der Waals surface area contributed by atoms with Gasteiger partial charge in [0.2, 0.25) is 0 Å². The third kappa shape index (κ3) is 6.14. The summed E-state index contributed by atoms with van der Waals surface area (Å²) >= 11 is 0. The Morgan fingerprint density at radius 1 is 1.30 bits per heavy atom. The molecule has 0 spiro atoms. The molecule has 1 aromatic rings. The SMILES string of the molecule is CNCOCc1ccccc1C(=O)NCCCN(C)C. The third-order valence-electron chi connectivity index (χ3n) is 2.83. The lowest BCUT2D eigenvalue weighted by molar-refractivity contribution is 0.0929. The molecular weight excluding hydrogens is 254 g/mol. The molecule has 0 aliphatic rings. The average Bonchev–Trinajstić information content (AvgIpc) is 2.44. The predicted molar refractivity (Wildman–Crippen MR) is 80.7 cm³/mol. The maximum Gasteiger partial charge on any atom is 0.251 e. The topological polar surface area (TPSA) is 53.6 Å². The smallest absolute Gasteiger partial charge is 0.251 e. The zero-order chi connectivity index (χ0) is 14.8. The summed E-state index contributed by atoms with van der Waals surface area (Å²) in [5, 5.41) is 5.86. The summed E-state index contributed by atoms with van der Waals surface area (Å²) in [4.78, 5) is 14.2. The van der Waals surface area contributed by atoms with Crippen molar-refractivity contribution in [3.05, 3.63) is 35.4 Å². The molecule has 0 unspecified atom stereocenters. The van der Waals surface area contributed by atoms with Crippen molar-refractivity contribution in [1.29, 1.82) is 0 Å². The standard InChI is InChI=1S/C15H25N3O2/c1-16-12-20-11-13-7-4-5-8-14(13)15(19)17-9-6-10-18(2)3/h4-5,7-8,16H,6,9-12H2,1-3H3,(H,17,19). The molecule has 2 N–H and O–H groups in total. The summed E-state index contributed by atoms with van der Waals surface area (Å²) in [5.41, 5.74) is 1.60. The minimum Gasteiger partial charge on any atom is -0.362 e. The normalized spacial score (nSPS) is 10.8. The molecule has 1 rings (SSSR count). The number of carbonyl (C=O) groups excluding carboxylic acids is 1. The number of ether oxygens (including phenoxy) is 1. The van der Waals surface area contributed by atoms with Gasteiger partial charge in [0.05, 0.1) is 13.3 Å². The zero-order valence-corrected chi connectivity index (χ0v) is 12.6. The molecule has 0 bridgehead atoms. The molecule has 0 saturated carbocycles.